The Labute approximate surface area is 283 Å². The predicted octanol–water partition coefficient (Wildman–Crippen LogP) is 12.5. The van der Waals surface area contributed by atoms with Gasteiger partial charge in [-0.25, -0.2) is 0 Å². The van der Waals surface area contributed by atoms with E-state index in [2.05, 4.69) is 196 Å². The molecule has 7 aromatic rings. The lowest BCUT2D eigenvalue weighted by Gasteiger charge is -2.43. The van der Waals surface area contributed by atoms with Gasteiger partial charge < -0.3 is 4.90 Å². The van der Waals surface area contributed by atoms with Gasteiger partial charge in [0.1, 0.15) is 0 Å². The van der Waals surface area contributed by atoms with Crippen LogP contribution in [0.4, 0.5) is 17.1 Å². The van der Waals surface area contributed by atoms with E-state index in [1.54, 1.807) is 0 Å². The van der Waals surface area contributed by atoms with Crippen LogP contribution in [0.3, 0.4) is 0 Å². The summed E-state index contributed by atoms with van der Waals surface area (Å²) in [5, 5.41) is 0. The topological polar surface area (TPSA) is 3.24 Å². The Morgan fingerprint density at radius 2 is 0.875 bits per heavy atom. The Hall–Kier alpha value is -5.66. The fourth-order valence-corrected chi connectivity index (χ4v) is 8.41. The summed E-state index contributed by atoms with van der Waals surface area (Å²) in [5.41, 5.74) is 17.5. The fourth-order valence-electron chi connectivity index (χ4n) is 8.41. The van der Waals surface area contributed by atoms with Crippen LogP contribution in [0.5, 0.6) is 0 Å². The maximum absolute atomic E-state index is 2.55. The van der Waals surface area contributed by atoms with Gasteiger partial charge in [-0.15, -0.1) is 0 Å². The monoisotopic (exact) mass is 615 g/mol. The van der Waals surface area contributed by atoms with Crippen LogP contribution in [0.25, 0.3) is 33.4 Å². The van der Waals surface area contributed by atoms with E-state index in [0.717, 1.165) is 0 Å². The third kappa shape index (κ3) is 4.10. The van der Waals surface area contributed by atoms with E-state index in [0.29, 0.717) is 0 Å². The average molecular weight is 616 g/mol. The maximum atomic E-state index is 2.55. The molecule has 1 atom stereocenters. The molecule has 0 radical (unpaired) electrons. The van der Waals surface area contributed by atoms with E-state index in [9.17, 15) is 0 Å². The quantitative estimate of drug-likeness (QED) is 0.190. The number of rotatable bonds is 4. The van der Waals surface area contributed by atoms with Crippen molar-refractivity contribution < 1.29 is 0 Å². The smallest absolute Gasteiger partial charge is 0.0543 e. The zero-order valence-electron chi connectivity index (χ0n) is 27.6. The van der Waals surface area contributed by atoms with Gasteiger partial charge in [0.25, 0.3) is 0 Å². The zero-order chi connectivity index (χ0) is 32.5. The first kappa shape index (κ1) is 28.6. The van der Waals surface area contributed by atoms with Gasteiger partial charge in [0.15, 0.2) is 0 Å². The molecule has 48 heavy (non-hydrogen) atoms. The van der Waals surface area contributed by atoms with Gasteiger partial charge in [0.05, 0.1) is 17.1 Å². The molecule has 0 spiro atoms. The van der Waals surface area contributed by atoms with Crippen LogP contribution < -0.4 is 4.90 Å². The summed E-state index contributed by atoms with van der Waals surface area (Å²) < 4.78 is 0. The lowest BCUT2D eigenvalue weighted by molar-refractivity contribution is 0.632. The third-order valence-corrected chi connectivity index (χ3v) is 10.9. The SMILES string of the molecule is CC1(C)c2cc(-c3ccccc3)ccc2N(c2cccc3c2-c2ccccc2C3(C)c2ccccc2)c2ccc(-c3ccccc3)cc21. The number of nitrogens with zero attached hydrogens (tertiary/aromatic N) is 1. The van der Waals surface area contributed by atoms with Crippen molar-refractivity contribution in [1.82, 2.24) is 0 Å². The molecular weight excluding hydrogens is 579 g/mol. The Bertz CT molecular complexity index is 2220. The van der Waals surface area contributed by atoms with Crippen LogP contribution in [0, 0.1) is 0 Å². The van der Waals surface area contributed by atoms with Crippen LogP contribution in [0.2, 0.25) is 0 Å². The molecule has 1 heterocycles. The summed E-state index contributed by atoms with van der Waals surface area (Å²) in [4.78, 5) is 2.55. The highest BCUT2D eigenvalue weighted by molar-refractivity contribution is 5.99. The molecule has 0 aromatic heterocycles. The van der Waals surface area contributed by atoms with Gasteiger partial charge in [-0.2, -0.15) is 0 Å². The minimum absolute atomic E-state index is 0.231. The van der Waals surface area contributed by atoms with Crippen LogP contribution in [0.15, 0.2) is 170 Å². The number of hydrogen-bond acceptors (Lipinski definition) is 1. The predicted molar refractivity (Wildman–Crippen MR) is 202 cm³/mol. The summed E-state index contributed by atoms with van der Waals surface area (Å²) >= 11 is 0. The Kier molecular flexibility index (Phi) is 6.36. The first-order valence-electron chi connectivity index (χ1n) is 17.0. The first-order chi connectivity index (χ1) is 23.5. The average Bonchev–Trinajstić information content (AvgIpc) is 3.42. The first-order valence-corrected chi connectivity index (χ1v) is 17.0. The molecule has 1 unspecified atom stereocenters. The molecule has 0 bridgehead atoms. The molecule has 0 saturated heterocycles. The summed E-state index contributed by atoms with van der Waals surface area (Å²) in [6, 6.07) is 62.7. The van der Waals surface area contributed by atoms with Gasteiger partial charge in [-0.1, -0.05) is 153 Å². The Balaban J connectivity index is 1.33. The second kappa shape index (κ2) is 10.7. The molecule has 7 aromatic carbocycles. The molecule has 0 N–H and O–H groups in total. The molecule has 0 fully saturated rings. The Morgan fingerprint density at radius 3 is 1.46 bits per heavy atom. The van der Waals surface area contributed by atoms with Gasteiger partial charge in [0.2, 0.25) is 0 Å². The second-order valence-corrected chi connectivity index (χ2v) is 13.9. The molecule has 1 heteroatoms. The number of anilines is 3. The van der Waals surface area contributed by atoms with Crippen molar-refractivity contribution in [3.05, 3.63) is 198 Å². The largest absolute Gasteiger partial charge is 0.309 e. The summed E-state index contributed by atoms with van der Waals surface area (Å²) in [6.45, 7) is 7.18. The zero-order valence-corrected chi connectivity index (χ0v) is 27.6. The highest BCUT2D eigenvalue weighted by Gasteiger charge is 2.44. The highest BCUT2D eigenvalue weighted by atomic mass is 15.2. The normalized spacial score (nSPS) is 16.9. The van der Waals surface area contributed by atoms with Gasteiger partial charge in [-0.3, -0.25) is 0 Å². The van der Waals surface area contributed by atoms with E-state index in [-0.39, 0.29) is 10.8 Å². The van der Waals surface area contributed by atoms with Crippen molar-refractivity contribution in [2.45, 2.75) is 31.6 Å². The molecule has 9 rings (SSSR count). The van der Waals surface area contributed by atoms with Crippen LogP contribution in [-0.2, 0) is 10.8 Å². The molecule has 1 nitrogen and oxygen atoms in total. The van der Waals surface area contributed by atoms with Crippen molar-refractivity contribution in [2.75, 3.05) is 4.90 Å². The molecule has 230 valence electrons. The van der Waals surface area contributed by atoms with Crippen LogP contribution >= 0.6 is 0 Å². The summed E-state index contributed by atoms with van der Waals surface area (Å²) in [7, 11) is 0. The van der Waals surface area contributed by atoms with Gasteiger partial charge in [-0.05, 0) is 92.9 Å². The summed E-state index contributed by atoms with van der Waals surface area (Å²) in [6.07, 6.45) is 0. The maximum Gasteiger partial charge on any atom is 0.0543 e. The number of benzene rings is 7. The van der Waals surface area contributed by atoms with Crippen molar-refractivity contribution in [1.29, 1.82) is 0 Å². The minimum atomic E-state index is -0.266. The lowest BCUT2D eigenvalue weighted by Crippen LogP contribution is -2.31. The molecule has 0 amide bonds. The third-order valence-electron chi connectivity index (χ3n) is 10.9. The van der Waals surface area contributed by atoms with Crippen molar-refractivity contribution in [3.63, 3.8) is 0 Å². The molecule has 0 saturated carbocycles. The van der Waals surface area contributed by atoms with E-state index in [4.69, 9.17) is 0 Å². The molecular formula is C47H37N. The van der Waals surface area contributed by atoms with E-state index >= 15 is 0 Å². The van der Waals surface area contributed by atoms with Gasteiger partial charge in [0, 0.05) is 16.4 Å². The van der Waals surface area contributed by atoms with Crippen LogP contribution in [-0.4, -0.2) is 0 Å². The second-order valence-electron chi connectivity index (χ2n) is 13.9. The van der Waals surface area contributed by atoms with E-state index in [1.807, 2.05) is 0 Å². The highest BCUT2D eigenvalue weighted by Crippen LogP contribution is 2.59. The number of hydrogen-bond donors (Lipinski definition) is 0. The van der Waals surface area contributed by atoms with Gasteiger partial charge >= 0.3 is 0 Å². The Morgan fingerprint density at radius 1 is 0.375 bits per heavy atom. The van der Waals surface area contributed by atoms with Crippen molar-refractivity contribution in [2.24, 2.45) is 0 Å². The lowest BCUT2D eigenvalue weighted by atomic mass is 9.72. The fraction of sp³-hybridized carbons (Fsp3) is 0.106. The molecule has 2 aliphatic rings. The number of fused-ring (bicyclic) bond motifs is 5. The molecule has 1 aliphatic carbocycles. The van der Waals surface area contributed by atoms with Crippen LogP contribution in [0.1, 0.15) is 48.6 Å². The van der Waals surface area contributed by atoms with E-state index in [1.165, 1.54) is 78.3 Å². The van der Waals surface area contributed by atoms with Crippen molar-refractivity contribution >= 4 is 17.1 Å². The summed E-state index contributed by atoms with van der Waals surface area (Å²) in [5.74, 6) is 0. The van der Waals surface area contributed by atoms with E-state index < -0.39 is 0 Å². The molecule has 1 aliphatic heterocycles. The van der Waals surface area contributed by atoms with Crippen molar-refractivity contribution in [3.8, 4) is 33.4 Å². The standard InChI is InChI=1S/C47H37N/c1-46(2)40-30-34(32-16-7-4-8-17-32)26-28-42(40)48(43-29-27-35(31-41(43)46)33-18-9-5-10-19-33)44-25-15-24-39-45(44)37-22-13-14-23-38(37)47(39,3)36-20-11-6-12-21-36/h4-31H,1-3H3. The minimum Gasteiger partial charge on any atom is -0.309 e.